The Morgan fingerprint density at radius 2 is 2.19 bits per heavy atom. The first-order chi connectivity index (χ1) is 7.67. The van der Waals surface area contributed by atoms with Crippen LogP contribution in [0.15, 0.2) is 18.5 Å². The summed E-state index contributed by atoms with van der Waals surface area (Å²) in [5, 5.41) is 2.64. The molecule has 0 saturated heterocycles. The SMILES string of the molecule is COC(CNC(=O)c1cncc(N)c1)OC. The fraction of sp³-hybridized carbons (Fsp3) is 0.400. The molecule has 1 rings (SSSR count). The van der Waals surface area contributed by atoms with Gasteiger partial charge in [-0.3, -0.25) is 9.78 Å². The number of methoxy groups -OCH3 is 2. The molecule has 3 N–H and O–H groups in total. The highest BCUT2D eigenvalue weighted by atomic mass is 16.7. The molecule has 16 heavy (non-hydrogen) atoms. The number of rotatable bonds is 5. The van der Waals surface area contributed by atoms with Crippen molar-refractivity contribution < 1.29 is 14.3 Å². The number of carbonyl (C=O) groups is 1. The Kier molecular flexibility index (Phi) is 4.68. The van der Waals surface area contributed by atoms with Crippen LogP contribution in [0.5, 0.6) is 0 Å². The summed E-state index contributed by atoms with van der Waals surface area (Å²) in [4.78, 5) is 15.4. The van der Waals surface area contributed by atoms with E-state index in [1.165, 1.54) is 26.6 Å². The van der Waals surface area contributed by atoms with Crippen LogP contribution in [-0.2, 0) is 9.47 Å². The van der Waals surface area contributed by atoms with Crippen molar-refractivity contribution in [3.05, 3.63) is 24.0 Å². The molecule has 6 nitrogen and oxygen atoms in total. The van der Waals surface area contributed by atoms with Gasteiger partial charge in [-0.05, 0) is 6.07 Å². The summed E-state index contributed by atoms with van der Waals surface area (Å²) in [6, 6.07) is 1.55. The number of nitrogen functional groups attached to an aromatic ring is 1. The Balaban J connectivity index is 2.52. The highest BCUT2D eigenvalue weighted by Gasteiger charge is 2.09. The Morgan fingerprint density at radius 1 is 1.50 bits per heavy atom. The minimum atomic E-state index is -0.460. The molecule has 0 saturated carbocycles. The van der Waals surface area contributed by atoms with Crippen molar-refractivity contribution in [1.82, 2.24) is 10.3 Å². The maximum atomic E-state index is 11.6. The molecular formula is C10H15N3O3. The zero-order valence-corrected chi connectivity index (χ0v) is 9.27. The highest BCUT2D eigenvalue weighted by Crippen LogP contribution is 2.03. The number of pyridine rings is 1. The van der Waals surface area contributed by atoms with E-state index in [-0.39, 0.29) is 12.5 Å². The van der Waals surface area contributed by atoms with E-state index < -0.39 is 6.29 Å². The predicted molar refractivity (Wildman–Crippen MR) is 58.8 cm³/mol. The second-order valence-electron chi connectivity index (χ2n) is 3.12. The van der Waals surface area contributed by atoms with Gasteiger partial charge in [0.2, 0.25) is 0 Å². The van der Waals surface area contributed by atoms with Gasteiger partial charge in [0.1, 0.15) is 0 Å². The smallest absolute Gasteiger partial charge is 0.253 e. The van der Waals surface area contributed by atoms with Crippen molar-refractivity contribution in [2.75, 3.05) is 26.5 Å². The lowest BCUT2D eigenvalue weighted by Crippen LogP contribution is -2.34. The van der Waals surface area contributed by atoms with Crippen molar-refractivity contribution in [3.63, 3.8) is 0 Å². The number of hydrogen-bond acceptors (Lipinski definition) is 5. The lowest BCUT2D eigenvalue weighted by Gasteiger charge is -2.13. The fourth-order valence-corrected chi connectivity index (χ4v) is 1.12. The van der Waals surface area contributed by atoms with Crippen molar-refractivity contribution in [3.8, 4) is 0 Å². The number of aromatic nitrogens is 1. The first-order valence-corrected chi connectivity index (χ1v) is 4.71. The van der Waals surface area contributed by atoms with E-state index in [1.807, 2.05) is 0 Å². The van der Waals surface area contributed by atoms with Gasteiger partial charge in [-0.25, -0.2) is 0 Å². The fourth-order valence-electron chi connectivity index (χ4n) is 1.12. The maximum absolute atomic E-state index is 11.6. The van der Waals surface area contributed by atoms with E-state index in [9.17, 15) is 4.79 Å². The average Bonchev–Trinajstić information content (AvgIpc) is 2.30. The van der Waals surface area contributed by atoms with E-state index in [1.54, 1.807) is 6.07 Å². The van der Waals surface area contributed by atoms with Crippen molar-refractivity contribution in [2.45, 2.75) is 6.29 Å². The standard InChI is InChI=1S/C10H15N3O3/c1-15-9(16-2)6-13-10(14)7-3-8(11)5-12-4-7/h3-5,9H,6,11H2,1-2H3,(H,13,14). The van der Waals surface area contributed by atoms with Crippen molar-refractivity contribution >= 4 is 11.6 Å². The van der Waals surface area contributed by atoms with Crippen LogP contribution in [0.3, 0.4) is 0 Å². The van der Waals surface area contributed by atoms with Gasteiger partial charge in [0.25, 0.3) is 5.91 Å². The molecule has 1 heterocycles. The van der Waals surface area contributed by atoms with Crippen LogP contribution in [-0.4, -0.2) is 37.9 Å². The van der Waals surface area contributed by atoms with E-state index in [0.29, 0.717) is 11.3 Å². The molecule has 0 aromatic carbocycles. The molecule has 0 unspecified atom stereocenters. The number of anilines is 1. The van der Waals surface area contributed by atoms with Crippen LogP contribution in [0.2, 0.25) is 0 Å². The normalized spacial score (nSPS) is 10.4. The van der Waals surface area contributed by atoms with Crippen molar-refractivity contribution in [2.24, 2.45) is 0 Å². The number of nitrogens with two attached hydrogens (primary N) is 1. The molecule has 0 aliphatic rings. The topological polar surface area (TPSA) is 86.5 Å². The van der Waals surface area contributed by atoms with Gasteiger partial charge in [-0.2, -0.15) is 0 Å². The number of ether oxygens (including phenoxy) is 2. The molecule has 0 aliphatic carbocycles. The van der Waals surface area contributed by atoms with Crippen LogP contribution in [0.1, 0.15) is 10.4 Å². The predicted octanol–water partition coefficient (Wildman–Crippen LogP) is 0.0125. The summed E-state index contributed by atoms with van der Waals surface area (Å²) in [6.45, 7) is 0.265. The van der Waals surface area contributed by atoms with Crippen molar-refractivity contribution in [1.29, 1.82) is 0 Å². The van der Waals surface area contributed by atoms with E-state index in [2.05, 4.69) is 10.3 Å². The Labute approximate surface area is 93.8 Å². The summed E-state index contributed by atoms with van der Waals surface area (Å²) in [5.41, 5.74) is 6.37. The number of hydrogen-bond donors (Lipinski definition) is 2. The van der Waals surface area contributed by atoms with E-state index >= 15 is 0 Å². The Hall–Kier alpha value is -1.66. The Morgan fingerprint density at radius 3 is 2.75 bits per heavy atom. The molecule has 0 aliphatic heterocycles. The zero-order valence-electron chi connectivity index (χ0n) is 9.27. The summed E-state index contributed by atoms with van der Waals surface area (Å²) < 4.78 is 9.86. The average molecular weight is 225 g/mol. The molecule has 0 radical (unpaired) electrons. The number of carbonyl (C=O) groups excluding carboxylic acids is 1. The van der Waals surface area contributed by atoms with Gasteiger partial charge in [-0.15, -0.1) is 0 Å². The summed E-state index contributed by atoms with van der Waals surface area (Å²) >= 11 is 0. The van der Waals surface area contributed by atoms with Crippen LogP contribution < -0.4 is 11.1 Å². The number of nitrogens with one attached hydrogen (secondary N) is 1. The first-order valence-electron chi connectivity index (χ1n) is 4.71. The van der Waals surface area contributed by atoms with Gasteiger partial charge in [-0.1, -0.05) is 0 Å². The second-order valence-corrected chi connectivity index (χ2v) is 3.12. The molecule has 0 atom stereocenters. The molecular weight excluding hydrogens is 210 g/mol. The minimum Gasteiger partial charge on any atom is -0.397 e. The summed E-state index contributed by atoms with van der Waals surface area (Å²) in [5.74, 6) is -0.265. The van der Waals surface area contributed by atoms with Crippen LogP contribution in [0.25, 0.3) is 0 Å². The number of nitrogens with zero attached hydrogens (tertiary/aromatic N) is 1. The molecule has 88 valence electrons. The first kappa shape index (κ1) is 12.4. The molecule has 0 bridgehead atoms. The van der Waals surface area contributed by atoms with Gasteiger partial charge in [0.15, 0.2) is 6.29 Å². The molecule has 0 fully saturated rings. The van der Waals surface area contributed by atoms with Gasteiger partial charge < -0.3 is 20.5 Å². The molecule has 1 aromatic rings. The molecule has 1 amide bonds. The van der Waals surface area contributed by atoms with E-state index in [0.717, 1.165) is 0 Å². The lowest BCUT2D eigenvalue weighted by molar-refractivity contribution is -0.0974. The highest BCUT2D eigenvalue weighted by molar-refractivity contribution is 5.94. The third-order valence-electron chi connectivity index (χ3n) is 1.98. The quantitative estimate of drug-likeness (QED) is 0.689. The zero-order chi connectivity index (χ0) is 12.0. The number of amides is 1. The Bertz CT molecular complexity index is 353. The second kappa shape index (κ2) is 6.04. The molecule has 6 heteroatoms. The maximum Gasteiger partial charge on any atom is 0.253 e. The van der Waals surface area contributed by atoms with Crippen LogP contribution in [0, 0.1) is 0 Å². The molecule has 1 aromatic heterocycles. The molecule has 0 spiro atoms. The third kappa shape index (κ3) is 3.48. The monoisotopic (exact) mass is 225 g/mol. The minimum absolute atomic E-state index is 0.265. The lowest BCUT2D eigenvalue weighted by atomic mass is 10.2. The van der Waals surface area contributed by atoms with E-state index in [4.69, 9.17) is 15.2 Å². The largest absolute Gasteiger partial charge is 0.397 e. The van der Waals surface area contributed by atoms with Gasteiger partial charge in [0.05, 0.1) is 17.8 Å². The summed E-state index contributed by atoms with van der Waals surface area (Å²) in [6.07, 6.45) is 2.46. The summed E-state index contributed by atoms with van der Waals surface area (Å²) in [7, 11) is 3.00. The third-order valence-corrected chi connectivity index (χ3v) is 1.98. The van der Waals surface area contributed by atoms with Gasteiger partial charge >= 0.3 is 0 Å². The van der Waals surface area contributed by atoms with Crippen LogP contribution >= 0.6 is 0 Å². The van der Waals surface area contributed by atoms with Crippen LogP contribution in [0.4, 0.5) is 5.69 Å². The van der Waals surface area contributed by atoms with Gasteiger partial charge in [0, 0.05) is 26.6 Å².